The van der Waals surface area contributed by atoms with Gasteiger partial charge in [0, 0.05) is 0 Å². The van der Waals surface area contributed by atoms with Crippen LogP contribution in [0.15, 0.2) is 30.3 Å². The van der Waals surface area contributed by atoms with E-state index in [0.717, 1.165) is 5.56 Å². The maximum Gasteiger partial charge on any atom is 0.0963 e. The van der Waals surface area contributed by atoms with Crippen molar-refractivity contribution < 1.29 is 4.74 Å². The second-order valence-corrected chi connectivity index (χ2v) is 3.55. The van der Waals surface area contributed by atoms with Crippen LogP contribution in [0.4, 0.5) is 0 Å². The summed E-state index contributed by atoms with van der Waals surface area (Å²) >= 11 is 5.82. The van der Waals surface area contributed by atoms with E-state index in [4.69, 9.17) is 16.3 Å². The monoisotopic (exact) mass is 198 g/mol. The van der Waals surface area contributed by atoms with Crippen LogP contribution in [-0.2, 0) is 4.74 Å². The van der Waals surface area contributed by atoms with Crippen LogP contribution < -0.4 is 0 Å². The highest BCUT2D eigenvalue weighted by Crippen LogP contribution is 2.19. The summed E-state index contributed by atoms with van der Waals surface area (Å²) < 4.78 is 5.65. The molecular formula is C11H15ClO. The number of rotatable bonds is 4. The fourth-order valence-corrected chi connectivity index (χ4v) is 1.45. The van der Waals surface area contributed by atoms with Crippen molar-refractivity contribution in [3.8, 4) is 0 Å². The van der Waals surface area contributed by atoms with Crippen LogP contribution >= 0.6 is 11.6 Å². The van der Waals surface area contributed by atoms with Gasteiger partial charge >= 0.3 is 0 Å². The van der Waals surface area contributed by atoms with E-state index in [1.165, 1.54) is 0 Å². The van der Waals surface area contributed by atoms with Crippen LogP contribution in [-0.4, -0.2) is 12.0 Å². The molecular weight excluding hydrogens is 184 g/mol. The molecule has 0 aliphatic rings. The molecule has 1 unspecified atom stereocenters. The van der Waals surface area contributed by atoms with E-state index < -0.39 is 0 Å². The number of alkyl halides is 1. The zero-order valence-corrected chi connectivity index (χ0v) is 8.79. The lowest BCUT2D eigenvalue weighted by Gasteiger charge is -2.18. The summed E-state index contributed by atoms with van der Waals surface area (Å²) in [6.07, 6.45) is 0.229. The minimum absolute atomic E-state index is 0.0165. The largest absolute Gasteiger partial charge is 0.370 e. The fraction of sp³-hybridized carbons (Fsp3) is 0.455. The smallest absolute Gasteiger partial charge is 0.0963 e. The van der Waals surface area contributed by atoms with Gasteiger partial charge in [-0.1, -0.05) is 30.3 Å². The number of benzene rings is 1. The zero-order chi connectivity index (χ0) is 9.68. The van der Waals surface area contributed by atoms with Gasteiger partial charge in [0.1, 0.15) is 0 Å². The lowest BCUT2D eigenvalue weighted by molar-refractivity contribution is 0.0199. The second-order valence-electron chi connectivity index (χ2n) is 3.24. The molecule has 1 nitrogen and oxygen atoms in total. The molecule has 0 aliphatic heterocycles. The topological polar surface area (TPSA) is 9.23 Å². The van der Waals surface area contributed by atoms with Crippen LogP contribution in [0.25, 0.3) is 0 Å². The molecule has 0 heterocycles. The van der Waals surface area contributed by atoms with Gasteiger partial charge in [0.2, 0.25) is 0 Å². The Morgan fingerprint density at radius 1 is 1.23 bits per heavy atom. The molecule has 1 atom stereocenters. The van der Waals surface area contributed by atoms with Crippen molar-refractivity contribution in [2.24, 2.45) is 0 Å². The van der Waals surface area contributed by atoms with Gasteiger partial charge in [-0.3, -0.25) is 0 Å². The van der Waals surface area contributed by atoms with Crippen LogP contribution in [0.2, 0.25) is 0 Å². The first kappa shape index (κ1) is 10.6. The van der Waals surface area contributed by atoms with E-state index in [2.05, 4.69) is 0 Å². The molecule has 1 aromatic carbocycles. The fourth-order valence-electron chi connectivity index (χ4n) is 1.20. The Balaban J connectivity index is 2.67. The van der Waals surface area contributed by atoms with Crippen molar-refractivity contribution in [1.29, 1.82) is 0 Å². The molecule has 0 aromatic heterocycles. The average molecular weight is 199 g/mol. The standard InChI is InChI=1S/C11H15ClO/c1-9(2)13-11(8-12)10-6-4-3-5-7-10/h3-7,9,11H,8H2,1-2H3. The Kier molecular flexibility index (Phi) is 4.26. The molecule has 0 fully saturated rings. The normalized spacial score (nSPS) is 13.2. The number of hydrogen-bond donors (Lipinski definition) is 0. The third-order valence-corrected chi connectivity index (χ3v) is 2.03. The Hall–Kier alpha value is -0.530. The molecule has 13 heavy (non-hydrogen) atoms. The van der Waals surface area contributed by atoms with Gasteiger partial charge in [0.05, 0.1) is 18.1 Å². The molecule has 0 radical (unpaired) electrons. The minimum Gasteiger partial charge on any atom is -0.370 e. The maximum absolute atomic E-state index is 5.82. The Labute approximate surface area is 84.7 Å². The van der Waals surface area contributed by atoms with Crippen LogP contribution in [0, 0.1) is 0 Å². The van der Waals surface area contributed by atoms with Crippen molar-refractivity contribution >= 4 is 11.6 Å². The second kappa shape index (κ2) is 5.25. The summed E-state index contributed by atoms with van der Waals surface area (Å²) in [7, 11) is 0. The van der Waals surface area contributed by atoms with Gasteiger partial charge in [-0.25, -0.2) is 0 Å². The zero-order valence-electron chi connectivity index (χ0n) is 8.03. The molecule has 2 heteroatoms. The van der Waals surface area contributed by atoms with E-state index in [-0.39, 0.29) is 12.2 Å². The molecule has 1 aromatic rings. The highest BCUT2D eigenvalue weighted by Gasteiger charge is 2.11. The summed E-state index contributed by atoms with van der Waals surface area (Å²) in [5.41, 5.74) is 1.14. The van der Waals surface area contributed by atoms with Gasteiger partial charge < -0.3 is 4.74 Å². The first-order valence-corrected chi connectivity index (χ1v) is 5.04. The highest BCUT2D eigenvalue weighted by atomic mass is 35.5. The molecule has 0 spiro atoms. The number of ether oxygens (including phenoxy) is 1. The Morgan fingerprint density at radius 2 is 1.85 bits per heavy atom. The van der Waals surface area contributed by atoms with Gasteiger partial charge in [0.25, 0.3) is 0 Å². The summed E-state index contributed by atoms with van der Waals surface area (Å²) in [5.74, 6) is 0.502. The van der Waals surface area contributed by atoms with Crippen LogP contribution in [0.3, 0.4) is 0 Å². The van der Waals surface area contributed by atoms with E-state index in [1.807, 2.05) is 44.2 Å². The van der Waals surface area contributed by atoms with Gasteiger partial charge in [-0.05, 0) is 19.4 Å². The van der Waals surface area contributed by atoms with E-state index >= 15 is 0 Å². The van der Waals surface area contributed by atoms with Gasteiger partial charge in [-0.2, -0.15) is 0 Å². The predicted molar refractivity (Wildman–Crippen MR) is 56.1 cm³/mol. The van der Waals surface area contributed by atoms with E-state index in [0.29, 0.717) is 5.88 Å². The predicted octanol–water partition coefficient (Wildman–Crippen LogP) is 3.39. The summed E-state index contributed by atoms with van der Waals surface area (Å²) in [4.78, 5) is 0. The third-order valence-electron chi connectivity index (χ3n) is 1.75. The van der Waals surface area contributed by atoms with Crippen molar-refractivity contribution in [2.45, 2.75) is 26.1 Å². The molecule has 0 saturated carbocycles. The number of hydrogen-bond acceptors (Lipinski definition) is 1. The molecule has 0 bridgehead atoms. The first-order valence-electron chi connectivity index (χ1n) is 4.50. The van der Waals surface area contributed by atoms with Gasteiger partial charge in [-0.15, -0.1) is 11.6 Å². The molecule has 0 N–H and O–H groups in total. The van der Waals surface area contributed by atoms with Crippen LogP contribution in [0.1, 0.15) is 25.5 Å². The first-order chi connectivity index (χ1) is 6.24. The Bertz CT molecular complexity index is 233. The van der Waals surface area contributed by atoms with Crippen molar-refractivity contribution in [2.75, 3.05) is 5.88 Å². The third kappa shape index (κ3) is 3.37. The molecule has 1 rings (SSSR count). The van der Waals surface area contributed by atoms with Crippen molar-refractivity contribution in [1.82, 2.24) is 0 Å². The van der Waals surface area contributed by atoms with E-state index in [1.54, 1.807) is 0 Å². The lowest BCUT2D eigenvalue weighted by atomic mass is 10.1. The molecule has 0 amide bonds. The SMILES string of the molecule is CC(C)OC(CCl)c1ccccc1. The highest BCUT2D eigenvalue weighted by molar-refractivity contribution is 6.18. The maximum atomic E-state index is 5.82. The molecule has 72 valence electrons. The lowest BCUT2D eigenvalue weighted by Crippen LogP contribution is -2.11. The summed E-state index contributed by atoms with van der Waals surface area (Å²) in [6, 6.07) is 10.1. The minimum atomic E-state index is 0.0165. The summed E-state index contributed by atoms with van der Waals surface area (Å²) in [6.45, 7) is 4.03. The number of halogens is 1. The molecule has 0 saturated heterocycles. The van der Waals surface area contributed by atoms with Crippen molar-refractivity contribution in [3.05, 3.63) is 35.9 Å². The Morgan fingerprint density at radius 3 is 2.31 bits per heavy atom. The van der Waals surface area contributed by atoms with Crippen molar-refractivity contribution in [3.63, 3.8) is 0 Å². The quantitative estimate of drug-likeness (QED) is 0.674. The molecule has 0 aliphatic carbocycles. The van der Waals surface area contributed by atoms with E-state index in [9.17, 15) is 0 Å². The average Bonchev–Trinajstić information content (AvgIpc) is 2.15. The van der Waals surface area contributed by atoms with Gasteiger partial charge in [0.15, 0.2) is 0 Å². The summed E-state index contributed by atoms with van der Waals surface area (Å²) in [5, 5.41) is 0. The van der Waals surface area contributed by atoms with Crippen LogP contribution in [0.5, 0.6) is 0 Å².